The zero-order valence-electron chi connectivity index (χ0n) is 26.2. The second-order valence-corrected chi connectivity index (χ2v) is 13.9. The molecule has 0 aliphatic carbocycles. The Kier molecular flexibility index (Phi) is 7.96. The van der Waals surface area contributed by atoms with Crippen LogP contribution in [0.1, 0.15) is 89.3 Å². The number of pyridine rings is 1. The molecule has 2 aromatic heterocycles. The van der Waals surface area contributed by atoms with E-state index >= 15 is 0 Å². The summed E-state index contributed by atoms with van der Waals surface area (Å²) in [5, 5.41) is 16.9. The van der Waals surface area contributed by atoms with Gasteiger partial charge in [-0.1, -0.05) is 57.1 Å². The van der Waals surface area contributed by atoms with Gasteiger partial charge in [-0.15, -0.1) is 0 Å². The van der Waals surface area contributed by atoms with Crippen molar-refractivity contribution >= 4 is 6.09 Å². The summed E-state index contributed by atoms with van der Waals surface area (Å²) in [6, 6.07) is 10.2. The number of aliphatic hydroxyl groups is 1. The molecule has 2 aliphatic rings. The van der Waals surface area contributed by atoms with Crippen LogP contribution in [0.15, 0.2) is 47.2 Å². The first-order valence-electron chi connectivity index (χ1n) is 15.0. The maximum Gasteiger partial charge on any atom is 0.410 e. The van der Waals surface area contributed by atoms with Crippen LogP contribution in [0, 0.1) is 11.3 Å². The van der Waals surface area contributed by atoms with Gasteiger partial charge in [-0.2, -0.15) is 4.98 Å². The van der Waals surface area contributed by atoms with Crippen molar-refractivity contribution in [2.75, 3.05) is 33.2 Å². The topological polar surface area (TPSA) is 105 Å². The second kappa shape index (κ2) is 11.1. The van der Waals surface area contributed by atoms with Crippen LogP contribution in [0.5, 0.6) is 0 Å². The second-order valence-electron chi connectivity index (χ2n) is 13.9. The van der Waals surface area contributed by atoms with E-state index in [1.165, 1.54) is 5.56 Å². The number of hydrogen-bond donors (Lipinski definition) is 1. The fourth-order valence-electron chi connectivity index (χ4n) is 6.61. The van der Waals surface area contributed by atoms with Gasteiger partial charge in [-0.3, -0.25) is 4.98 Å². The molecule has 9 heteroatoms. The van der Waals surface area contributed by atoms with Gasteiger partial charge < -0.3 is 24.2 Å². The van der Waals surface area contributed by atoms with E-state index in [2.05, 4.69) is 61.9 Å². The molecular weight excluding hydrogens is 530 g/mol. The van der Waals surface area contributed by atoms with E-state index in [1.807, 2.05) is 39.0 Å². The number of aromatic nitrogens is 3. The third kappa shape index (κ3) is 5.69. The molecule has 3 aromatic rings. The van der Waals surface area contributed by atoms with Crippen LogP contribution < -0.4 is 0 Å². The maximum absolute atomic E-state index is 12.6. The summed E-state index contributed by atoms with van der Waals surface area (Å²) in [6.45, 7) is 16.8. The molecule has 42 heavy (non-hydrogen) atoms. The van der Waals surface area contributed by atoms with Gasteiger partial charge >= 0.3 is 6.09 Å². The van der Waals surface area contributed by atoms with Crippen molar-refractivity contribution in [1.29, 1.82) is 0 Å². The van der Waals surface area contributed by atoms with Crippen molar-refractivity contribution < 1.29 is 19.2 Å². The monoisotopic (exact) mass is 575 g/mol. The first-order chi connectivity index (χ1) is 19.7. The van der Waals surface area contributed by atoms with E-state index < -0.39 is 16.6 Å². The summed E-state index contributed by atoms with van der Waals surface area (Å²) in [5.74, 6) is 1.55. The zero-order chi connectivity index (χ0) is 30.4. The van der Waals surface area contributed by atoms with Gasteiger partial charge in [0.05, 0.1) is 0 Å². The average molecular weight is 576 g/mol. The smallest absolute Gasteiger partial charge is 0.410 e. The lowest BCUT2D eigenvalue weighted by molar-refractivity contribution is -0.127. The third-order valence-electron chi connectivity index (χ3n) is 8.84. The molecule has 1 aromatic carbocycles. The van der Waals surface area contributed by atoms with Crippen LogP contribution in [-0.2, 0) is 10.3 Å². The van der Waals surface area contributed by atoms with Crippen LogP contribution in [0.25, 0.3) is 11.4 Å². The van der Waals surface area contributed by atoms with Crippen LogP contribution in [0.2, 0.25) is 0 Å². The number of carbonyl (C=O) groups excluding carboxylic acids is 1. The van der Waals surface area contributed by atoms with Crippen molar-refractivity contribution in [3.8, 4) is 11.4 Å². The fourth-order valence-corrected chi connectivity index (χ4v) is 6.61. The molecule has 0 saturated carbocycles. The van der Waals surface area contributed by atoms with Crippen molar-refractivity contribution in [2.45, 2.75) is 77.9 Å². The van der Waals surface area contributed by atoms with E-state index in [-0.39, 0.29) is 17.9 Å². The van der Waals surface area contributed by atoms with Crippen molar-refractivity contribution in [2.24, 2.45) is 11.3 Å². The molecule has 2 saturated heterocycles. The minimum atomic E-state index is -1.26. The van der Waals surface area contributed by atoms with Crippen molar-refractivity contribution in [3.05, 3.63) is 65.3 Å². The summed E-state index contributed by atoms with van der Waals surface area (Å²) >= 11 is 0. The molecule has 226 valence electrons. The van der Waals surface area contributed by atoms with Crippen LogP contribution in [0.4, 0.5) is 4.79 Å². The number of hydrogen-bond acceptors (Lipinski definition) is 8. The Labute approximate surface area is 249 Å². The van der Waals surface area contributed by atoms with E-state index in [9.17, 15) is 9.90 Å². The lowest BCUT2D eigenvalue weighted by atomic mass is 9.62. The molecular formula is C33H45N5O4. The lowest BCUT2D eigenvalue weighted by Gasteiger charge is -2.55. The highest BCUT2D eigenvalue weighted by Gasteiger charge is 2.55. The minimum Gasteiger partial charge on any atom is -0.444 e. The number of benzene rings is 1. The predicted octanol–water partition coefficient (Wildman–Crippen LogP) is 5.80. The Bertz CT molecular complexity index is 1410. The molecule has 1 amide bonds. The lowest BCUT2D eigenvalue weighted by Crippen LogP contribution is -2.63. The maximum atomic E-state index is 12.6. The van der Waals surface area contributed by atoms with Gasteiger partial charge in [0.25, 0.3) is 0 Å². The molecule has 2 aliphatic heterocycles. The molecule has 5 rings (SSSR count). The van der Waals surface area contributed by atoms with Gasteiger partial charge in [0.2, 0.25) is 11.7 Å². The summed E-state index contributed by atoms with van der Waals surface area (Å²) in [5.41, 5.74) is 1.29. The highest BCUT2D eigenvalue weighted by Crippen LogP contribution is 2.50. The highest BCUT2D eigenvalue weighted by molar-refractivity contribution is 5.68. The first-order valence-corrected chi connectivity index (χ1v) is 15.0. The Balaban J connectivity index is 1.40. The summed E-state index contributed by atoms with van der Waals surface area (Å²) < 4.78 is 11.3. The van der Waals surface area contributed by atoms with Crippen LogP contribution in [-0.4, -0.2) is 75.0 Å². The van der Waals surface area contributed by atoms with E-state index in [4.69, 9.17) is 14.2 Å². The molecule has 9 nitrogen and oxygen atoms in total. The van der Waals surface area contributed by atoms with Gasteiger partial charge in [-0.05, 0) is 63.3 Å². The molecule has 0 radical (unpaired) electrons. The number of amides is 1. The number of likely N-dealkylation sites (tertiary alicyclic amines) is 2. The van der Waals surface area contributed by atoms with E-state index in [0.717, 1.165) is 18.7 Å². The fraction of sp³-hybridized carbons (Fsp3) is 0.576. The number of piperidine rings is 1. The largest absolute Gasteiger partial charge is 0.444 e. The summed E-state index contributed by atoms with van der Waals surface area (Å²) in [6.07, 6.45) is 3.88. The zero-order valence-corrected chi connectivity index (χ0v) is 26.2. The number of ether oxygens (including phenoxy) is 1. The SMILES string of the molecule is CC(C)c1ccc(C(O)(c2cncc(-c3noc([C@H]4CCN(C(=O)OC(C)(C)C)C[C@H]4C)n3)c2)C2(C)CN(C)C2)cc1. The Hall–Kier alpha value is -3.30. The minimum absolute atomic E-state index is 0.0295. The number of nitrogens with zero attached hydrogens (tertiary/aromatic N) is 5. The van der Waals surface area contributed by atoms with Gasteiger partial charge in [0.1, 0.15) is 11.2 Å². The quantitative estimate of drug-likeness (QED) is 0.393. The van der Waals surface area contributed by atoms with Crippen molar-refractivity contribution in [3.63, 3.8) is 0 Å². The first kappa shape index (κ1) is 30.2. The van der Waals surface area contributed by atoms with Gasteiger partial charge in [0.15, 0.2) is 0 Å². The Morgan fingerprint density at radius 2 is 1.83 bits per heavy atom. The molecule has 4 heterocycles. The molecule has 1 N–H and O–H groups in total. The van der Waals surface area contributed by atoms with Gasteiger partial charge in [-0.25, -0.2) is 4.79 Å². The Morgan fingerprint density at radius 3 is 2.43 bits per heavy atom. The predicted molar refractivity (Wildman–Crippen MR) is 161 cm³/mol. The molecule has 0 bridgehead atoms. The Morgan fingerprint density at radius 1 is 1.14 bits per heavy atom. The number of rotatable bonds is 6. The number of carbonyl (C=O) groups is 1. The molecule has 0 spiro atoms. The third-order valence-corrected chi connectivity index (χ3v) is 8.84. The van der Waals surface area contributed by atoms with E-state index in [0.29, 0.717) is 48.3 Å². The molecule has 3 atom stereocenters. The summed E-state index contributed by atoms with van der Waals surface area (Å²) in [7, 11) is 2.07. The highest BCUT2D eigenvalue weighted by atomic mass is 16.6. The van der Waals surface area contributed by atoms with Gasteiger partial charge in [0, 0.05) is 61.0 Å². The standard InChI is InChI=1S/C33H45N5O4/c1-21(2)23-9-11-25(12-10-23)33(40,32(7)19-37(8)20-32)26-15-24(16-34-17-26)28-35-29(42-36-28)27-13-14-38(18-22(27)3)30(39)41-31(4,5)6/h9-12,15-17,21-22,27,40H,13-14,18-20H2,1-8H3/t22-,27+,33?/m1/s1. The van der Waals surface area contributed by atoms with E-state index in [1.54, 1.807) is 17.3 Å². The van der Waals surface area contributed by atoms with Crippen LogP contribution in [0.3, 0.4) is 0 Å². The molecule has 1 unspecified atom stereocenters. The average Bonchev–Trinajstić information content (AvgIpc) is 3.41. The molecule has 2 fully saturated rings. The normalized spacial score (nSPS) is 22.5. The van der Waals surface area contributed by atoms with Crippen LogP contribution >= 0.6 is 0 Å². The van der Waals surface area contributed by atoms with Crippen molar-refractivity contribution in [1.82, 2.24) is 24.9 Å². The summed E-state index contributed by atoms with van der Waals surface area (Å²) in [4.78, 5) is 25.9.